The standard InChI is InChI=1S/C11H10O7/c1-5-3-6(12)9(11(16)18-5)7(13)4-8(14)10(15)17-2/h3-4,12-13H,1-2H3/b7-4-. The van der Waals surface area contributed by atoms with Crippen molar-refractivity contribution in [3.05, 3.63) is 33.9 Å². The second kappa shape index (κ2) is 5.17. The third kappa shape index (κ3) is 2.76. The minimum absolute atomic E-state index is 0.133. The molecule has 1 heterocycles. The molecule has 0 bridgehead atoms. The highest BCUT2D eigenvalue weighted by molar-refractivity contribution is 6.39. The van der Waals surface area contributed by atoms with Gasteiger partial charge in [-0.15, -0.1) is 0 Å². The van der Waals surface area contributed by atoms with Gasteiger partial charge in [0.25, 0.3) is 5.78 Å². The molecular formula is C11H10O7. The zero-order valence-corrected chi connectivity index (χ0v) is 9.59. The van der Waals surface area contributed by atoms with E-state index < -0.39 is 34.5 Å². The van der Waals surface area contributed by atoms with Gasteiger partial charge in [-0.25, -0.2) is 9.59 Å². The molecule has 1 rings (SSSR count). The quantitative estimate of drug-likeness (QED) is 0.345. The van der Waals surface area contributed by atoms with Crippen LogP contribution in [-0.2, 0) is 14.3 Å². The van der Waals surface area contributed by atoms with Crippen molar-refractivity contribution < 1.29 is 29.0 Å². The van der Waals surface area contributed by atoms with Crippen LogP contribution >= 0.6 is 0 Å². The number of rotatable bonds is 3. The molecule has 0 aromatic carbocycles. The lowest BCUT2D eigenvalue weighted by Gasteiger charge is -2.02. The van der Waals surface area contributed by atoms with E-state index in [1.807, 2.05) is 0 Å². The molecule has 7 heteroatoms. The van der Waals surface area contributed by atoms with E-state index in [9.17, 15) is 24.6 Å². The molecule has 0 fully saturated rings. The summed E-state index contributed by atoms with van der Waals surface area (Å²) in [5.41, 5.74) is -1.63. The molecule has 0 amide bonds. The van der Waals surface area contributed by atoms with Crippen molar-refractivity contribution in [3.63, 3.8) is 0 Å². The summed E-state index contributed by atoms with van der Waals surface area (Å²) in [6.45, 7) is 1.42. The van der Waals surface area contributed by atoms with E-state index in [0.717, 1.165) is 13.2 Å². The van der Waals surface area contributed by atoms with E-state index in [-0.39, 0.29) is 5.76 Å². The minimum atomic E-state index is -1.21. The van der Waals surface area contributed by atoms with Crippen LogP contribution in [0.5, 0.6) is 5.75 Å². The van der Waals surface area contributed by atoms with Gasteiger partial charge in [0.15, 0.2) is 0 Å². The number of hydrogen-bond donors (Lipinski definition) is 2. The molecule has 1 aromatic rings. The third-order valence-corrected chi connectivity index (χ3v) is 1.96. The molecule has 1 aromatic heterocycles. The number of carbonyl (C=O) groups excluding carboxylic acids is 2. The maximum atomic E-state index is 11.4. The van der Waals surface area contributed by atoms with Gasteiger partial charge in [0.2, 0.25) is 0 Å². The number of ketones is 1. The smallest absolute Gasteiger partial charge is 0.378 e. The van der Waals surface area contributed by atoms with Crippen LogP contribution in [0.3, 0.4) is 0 Å². The molecule has 0 aliphatic heterocycles. The molecule has 7 nitrogen and oxygen atoms in total. The Labute approximate surface area is 101 Å². The molecular weight excluding hydrogens is 244 g/mol. The number of ether oxygens (including phenoxy) is 1. The Kier molecular flexibility index (Phi) is 3.88. The van der Waals surface area contributed by atoms with Crippen LogP contribution in [0.25, 0.3) is 5.76 Å². The maximum Gasteiger partial charge on any atom is 0.378 e. The van der Waals surface area contributed by atoms with Crippen LogP contribution in [0.15, 0.2) is 21.4 Å². The number of aromatic hydroxyl groups is 1. The first-order valence-corrected chi connectivity index (χ1v) is 4.73. The number of esters is 1. The van der Waals surface area contributed by atoms with E-state index in [1.165, 1.54) is 6.92 Å². The SMILES string of the molecule is COC(=O)C(=O)/C=C(\O)c1c(O)cc(C)oc1=O. The number of aliphatic hydroxyl groups is 1. The zero-order valence-electron chi connectivity index (χ0n) is 9.59. The Morgan fingerprint density at radius 2 is 2.06 bits per heavy atom. The van der Waals surface area contributed by atoms with E-state index in [4.69, 9.17) is 0 Å². The molecule has 0 atom stereocenters. The number of aliphatic hydroxyl groups excluding tert-OH is 1. The lowest BCUT2D eigenvalue weighted by molar-refractivity contribution is -0.149. The van der Waals surface area contributed by atoms with Crippen molar-refractivity contribution in [1.82, 2.24) is 0 Å². The second-order valence-electron chi connectivity index (χ2n) is 3.29. The first-order chi connectivity index (χ1) is 8.36. The average Bonchev–Trinajstić information content (AvgIpc) is 2.26. The summed E-state index contributed by atoms with van der Waals surface area (Å²) in [7, 11) is 0.989. The Morgan fingerprint density at radius 3 is 2.56 bits per heavy atom. The lowest BCUT2D eigenvalue weighted by atomic mass is 10.2. The highest BCUT2D eigenvalue weighted by atomic mass is 16.5. The molecule has 0 saturated carbocycles. The summed E-state index contributed by atoms with van der Waals surface area (Å²) in [4.78, 5) is 33.3. The molecule has 2 N–H and O–H groups in total. The van der Waals surface area contributed by atoms with Crippen molar-refractivity contribution >= 4 is 17.5 Å². The first kappa shape index (κ1) is 13.5. The molecule has 96 valence electrons. The van der Waals surface area contributed by atoms with E-state index >= 15 is 0 Å². The largest absolute Gasteiger partial charge is 0.507 e. The Hall–Kier alpha value is -2.57. The summed E-state index contributed by atoms with van der Waals surface area (Å²) in [6.07, 6.45) is 0.465. The van der Waals surface area contributed by atoms with Crippen LogP contribution in [-0.4, -0.2) is 29.1 Å². The lowest BCUT2D eigenvalue weighted by Crippen LogP contribution is -2.14. The molecule has 0 radical (unpaired) electrons. The van der Waals surface area contributed by atoms with E-state index in [1.54, 1.807) is 0 Å². The number of methoxy groups -OCH3 is 1. The van der Waals surface area contributed by atoms with E-state index in [2.05, 4.69) is 9.15 Å². The summed E-state index contributed by atoms with van der Waals surface area (Å²) in [5, 5.41) is 19.0. The van der Waals surface area contributed by atoms with Crippen molar-refractivity contribution in [2.75, 3.05) is 7.11 Å². The van der Waals surface area contributed by atoms with Crippen molar-refractivity contribution in [2.24, 2.45) is 0 Å². The van der Waals surface area contributed by atoms with Gasteiger partial charge < -0.3 is 19.4 Å². The Balaban J connectivity index is 3.24. The number of carbonyl (C=O) groups is 2. The Bertz CT molecular complexity index is 580. The summed E-state index contributed by atoms with van der Waals surface area (Å²) in [6, 6.07) is 1.09. The fourth-order valence-electron chi connectivity index (χ4n) is 1.19. The molecule has 18 heavy (non-hydrogen) atoms. The van der Waals surface area contributed by atoms with Gasteiger partial charge in [0.1, 0.15) is 22.8 Å². The molecule has 0 unspecified atom stereocenters. The van der Waals surface area contributed by atoms with Crippen LogP contribution in [0.4, 0.5) is 0 Å². The highest BCUT2D eigenvalue weighted by Crippen LogP contribution is 2.20. The van der Waals surface area contributed by atoms with Crippen LogP contribution in [0.2, 0.25) is 0 Å². The predicted molar refractivity (Wildman–Crippen MR) is 59.0 cm³/mol. The Morgan fingerprint density at radius 1 is 1.44 bits per heavy atom. The van der Waals surface area contributed by atoms with Gasteiger partial charge in [-0.1, -0.05) is 0 Å². The first-order valence-electron chi connectivity index (χ1n) is 4.73. The van der Waals surface area contributed by atoms with Gasteiger partial charge in [-0.2, -0.15) is 0 Å². The normalized spacial score (nSPS) is 11.1. The second-order valence-corrected chi connectivity index (χ2v) is 3.29. The molecule has 0 aliphatic rings. The molecule has 0 aliphatic carbocycles. The van der Waals surface area contributed by atoms with Crippen LogP contribution in [0, 0.1) is 6.92 Å². The maximum absolute atomic E-state index is 11.4. The summed E-state index contributed by atoms with van der Waals surface area (Å²) >= 11 is 0. The molecule has 0 saturated heterocycles. The zero-order chi connectivity index (χ0) is 13.9. The average molecular weight is 254 g/mol. The van der Waals surface area contributed by atoms with Crippen molar-refractivity contribution in [1.29, 1.82) is 0 Å². The number of hydrogen-bond acceptors (Lipinski definition) is 7. The summed E-state index contributed by atoms with van der Waals surface area (Å²) < 4.78 is 8.75. The van der Waals surface area contributed by atoms with Crippen LogP contribution < -0.4 is 5.63 Å². The predicted octanol–water partition coefficient (Wildman–Crippen LogP) is 0.295. The third-order valence-electron chi connectivity index (χ3n) is 1.96. The van der Waals surface area contributed by atoms with E-state index in [0.29, 0.717) is 6.08 Å². The monoisotopic (exact) mass is 254 g/mol. The van der Waals surface area contributed by atoms with Crippen molar-refractivity contribution in [3.8, 4) is 5.75 Å². The molecule has 0 spiro atoms. The fraction of sp³-hybridized carbons (Fsp3) is 0.182. The van der Waals surface area contributed by atoms with Gasteiger partial charge in [0.05, 0.1) is 7.11 Å². The minimum Gasteiger partial charge on any atom is -0.507 e. The van der Waals surface area contributed by atoms with Gasteiger partial charge in [0, 0.05) is 12.1 Å². The summed E-state index contributed by atoms with van der Waals surface area (Å²) in [5.74, 6) is -3.69. The van der Waals surface area contributed by atoms with Crippen LogP contribution in [0.1, 0.15) is 11.3 Å². The van der Waals surface area contributed by atoms with Crippen molar-refractivity contribution in [2.45, 2.75) is 6.92 Å². The van der Waals surface area contributed by atoms with Gasteiger partial charge >= 0.3 is 11.6 Å². The highest BCUT2D eigenvalue weighted by Gasteiger charge is 2.18. The topological polar surface area (TPSA) is 114 Å². The van der Waals surface area contributed by atoms with Gasteiger partial charge in [-0.05, 0) is 6.92 Å². The number of aryl methyl sites for hydroxylation is 1. The fourth-order valence-corrected chi connectivity index (χ4v) is 1.19. The van der Waals surface area contributed by atoms with Gasteiger partial charge in [-0.3, -0.25) is 4.79 Å².